The van der Waals surface area contributed by atoms with Gasteiger partial charge in [-0.15, -0.1) is 0 Å². The molecule has 0 radical (unpaired) electrons. The first-order chi connectivity index (χ1) is 12.7. The van der Waals surface area contributed by atoms with E-state index in [0.29, 0.717) is 0 Å². The lowest BCUT2D eigenvalue weighted by atomic mass is 10.2. The second-order valence-electron chi connectivity index (χ2n) is 5.67. The molecule has 0 aliphatic carbocycles. The molecule has 0 unspecified atom stereocenters. The third kappa shape index (κ3) is 4.98. The van der Waals surface area contributed by atoms with Gasteiger partial charge in [0.25, 0.3) is 0 Å². The number of rotatable bonds is 6. The van der Waals surface area contributed by atoms with Crippen LogP contribution in [0.3, 0.4) is 0 Å². The molecule has 0 saturated carbocycles. The molecule has 0 spiro atoms. The first-order valence-corrected chi connectivity index (χ1v) is 8.28. The summed E-state index contributed by atoms with van der Waals surface area (Å²) in [7, 11) is 1.62. The summed E-state index contributed by atoms with van der Waals surface area (Å²) in [5.74, 6) is 0.575. The Labute approximate surface area is 153 Å². The Kier molecular flexibility index (Phi) is 5.68. The summed E-state index contributed by atoms with van der Waals surface area (Å²) < 4.78 is 5.17. The van der Waals surface area contributed by atoms with Crippen molar-refractivity contribution in [1.82, 2.24) is 0 Å². The van der Waals surface area contributed by atoms with Gasteiger partial charge in [-0.25, -0.2) is 0 Å². The summed E-state index contributed by atoms with van der Waals surface area (Å²) in [6, 6.07) is 25.0. The number of hydrogen-bond acceptors (Lipinski definition) is 3. The van der Waals surface area contributed by atoms with E-state index in [1.165, 1.54) is 6.08 Å². The summed E-state index contributed by atoms with van der Waals surface area (Å²) >= 11 is 0. The van der Waals surface area contributed by atoms with Gasteiger partial charge in [0, 0.05) is 23.1 Å². The van der Waals surface area contributed by atoms with Gasteiger partial charge in [-0.3, -0.25) is 4.79 Å². The number of anilines is 3. The molecule has 3 aromatic carbocycles. The van der Waals surface area contributed by atoms with Crippen molar-refractivity contribution in [2.75, 3.05) is 17.7 Å². The highest BCUT2D eigenvalue weighted by Gasteiger charge is 2.00. The van der Waals surface area contributed by atoms with Gasteiger partial charge in [0.2, 0.25) is 5.91 Å². The molecular weight excluding hydrogens is 324 g/mol. The predicted octanol–water partition coefficient (Wildman–Crippen LogP) is 5.09. The molecule has 4 heteroatoms. The Morgan fingerprint density at radius 3 is 2.27 bits per heavy atom. The smallest absolute Gasteiger partial charge is 0.248 e. The van der Waals surface area contributed by atoms with Crippen molar-refractivity contribution >= 4 is 29.0 Å². The van der Waals surface area contributed by atoms with Crippen LogP contribution < -0.4 is 15.4 Å². The largest absolute Gasteiger partial charge is 0.497 e. The van der Waals surface area contributed by atoms with Crippen molar-refractivity contribution in [1.29, 1.82) is 0 Å². The van der Waals surface area contributed by atoms with E-state index in [0.717, 1.165) is 28.4 Å². The number of amides is 1. The number of benzene rings is 3. The highest BCUT2D eigenvalue weighted by Crippen LogP contribution is 2.19. The van der Waals surface area contributed by atoms with Crippen molar-refractivity contribution < 1.29 is 9.53 Å². The van der Waals surface area contributed by atoms with Crippen molar-refractivity contribution in [3.63, 3.8) is 0 Å². The van der Waals surface area contributed by atoms with E-state index in [4.69, 9.17) is 4.74 Å². The van der Waals surface area contributed by atoms with E-state index < -0.39 is 0 Å². The van der Waals surface area contributed by atoms with Crippen LogP contribution in [0.5, 0.6) is 5.75 Å². The Balaban J connectivity index is 1.58. The average Bonchev–Trinajstić information content (AvgIpc) is 2.69. The van der Waals surface area contributed by atoms with Crippen LogP contribution in [0.4, 0.5) is 17.1 Å². The molecular formula is C22H20N2O2. The van der Waals surface area contributed by atoms with Gasteiger partial charge in [-0.2, -0.15) is 0 Å². The number of para-hydroxylation sites is 1. The molecule has 0 aromatic heterocycles. The SMILES string of the molecule is COc1cccc(/C=C/C(=O)Nc2ccc(Nc3ccccc3)cc2)c1. The van der Waals surface area contributed by atoms with Crippen LogP contribution >= 0.6 is 0 Å². The molecule has 3 aromatic rings. The molecule has 0 aliphatic heterocycles. The van der Waals surface area contributed by atoms with Crippen LogP contribution in [-0.2, 0) is 4.79 Å². The van der Waals surface area contributed by atoms with E-state index in [9.17, 15) is 4.79 Å². The number of nitrogens with one attached hydrogen (secondary N) is 2. The molecule has 130 valence electrons. The minimum absolute atomic E-state index is 0.184. The molecule has 0 aliphatic rings. The van der Waals surface area contributed by atoms with Crippen LogP contribution in [0, 0.1) is 0 Å². The molecule has 2 N–H and O–H groups in total. The van der Waals surface area contributed by atoms with Crippen LogP contribution in [0.15, 0.2) is 84.9 Å². The van der Waals surface area contributed by atoms with Crippen molar-refractivity contribution in [2.45, 2.75) is 0 Å². The fraction of sp³-hybridized carbons (Fsp3) is 0.0455. The molecule has 26 heavy (non-hydrogen) atoms. The van der Waals surface area contributed by atoms with E-state index in [1.807, 2.05) is 78.9 Å². The van der Waals surface area contributed by atoms with Crippen LogP contribution in [-0.4, -0.2) is 13.0 Å². The van der Waals surface area contributed by atoms with Gasteiger partial charge in [0.05, 0.1) is 7.11 Å². The fourth-order valence-electron chi connectivity index (χ4n) is 2.43. The predicted molar refractivity (Wildman–Crippen MR) is 107 cm³/mol. The van der Waals surface area contributed by atoms with Crippen molar-refractivity contribution in [3.8, 4) is 5.75 Å². The summed E-state index contributed by atoms with van der Waals surface area (Å²) in [6.07, 6.45) is 3.26. The third-order valence-corrected chi connectivity index (χ3v) is 3.74. The first kappa shape index (κ1) is 17.3. The van der Waals surface area contributed by atoms with E-state index in [2.05, 4.69) is 10.6 Å². The second-order valence-corrected chi connectivity index (χ2v) is 5.67. The zero-order chi connectivity index (χ0) is 18.2. The zero-order valence-electron chi connectivity index (χ0n) is 14.5. The first-order valence-electron chi connectivity index (χ1n) is 8.28. The van der Waals surface area contributed by atoms with Gasteiger partial charge in [0.15, 0.2) is 0 Å². The van der Waals surface area contributed by atoms with Gasteiger partial charge in [0.1, 0.15) is 5.75 Å². The Morgan fingerprint density at radius 1 is 0.846 bits per heavy atom. The highest BCUT2D eigenvalue weighted by atomic mass is 16.5. The molecule has 0 saturated heterocycles. The topological polar surface area (TPSA) is 50.4 Å². The maximum atomic E-state index is 12.1. The normalized spacial score (nSPS) is 10.5. The molecule has 0 heterocycles. The quantitative estimate of drug-likeness (QED) is 0.612. The molecule has 0 atom stereocenters. The summed E-state index contributed by atoms with van der Waals surface area (Å²) in [4.78, 5) is 12.1. The second kappa shape index (κ2) is 8.53. The van der Waals surface area contributed by atoms with E-state index >= 15 is 0 Å². The number of ether oxygens (including phenoxy) is 1. The summed E-state index contributed by atoms with van der Waals surface area (Å²) in [5, 5.41) is 6.15. The number of hydrogen-bond donors (Lipinski definition) is 2. The molecule has 0 bridgehead atoms. The number of carbonyl (C=O) groups excluding carboxylic acids is 1. The monoisotopic (exact) mass is 344 g/mol. The molecule has 0 fully saturated rings. The summed E-state index contributed by atoms with van der Waals surface area (Å²) in [6.45, 7) is 0. The minimum atomic E-state index is -0.184. The number of methoxy groups -OCH3 is 1. The molecule has 1 amide bonds. The standard InChI is InChI=1S/C22H20N2O2/c1-26-21-9-5-6-17(16-21)10-15-22(25)24-20-13-11-19(12-14-20)23-18-7-3-2-4-8-18/h2-16,23H,1H3,(H,24,25)/b15-10+. The number of carbonyl (C=O) groups is 1. The summed E-state index contributed by atoms with van der Waals surface area (Å²) in [5.41, 5.74) is 3.62. The Hall–Kier alpha value is -3.53. The van der Waals surface area contributed by atoms with Crippen molar-refractivity contribution in [3.05, 3.63) is 90.5 Å². The third-order valence-electron chi connectivity index (χ3n) is 3.74. The maximum Gasteiger partial charge on any atom is 0.248 e. The van der Waals surface area contributed by atoms with E-state index in [1.54, 1.807) is 13.2 Å². The molecule has 4 nitrogen and oxygen atoms in total. The van der Waals surface area contributed by atoms with Gasteiger partial charge < -0.3 is 15.4 Å². The Morgan fingerprint density at radius 2 is 1.54 bits per heavy atom. The molecule has 3 rings (SSSR count). The average molecular weight is 344 g/mol. The van der Waals surface area contributed by atoms with Gasteiger partial charge in [-0.1, -0.05) is 30.3 Å². The van der Waals surface area contributed by atoms with Gasteiger partial charge >= 0.3 is 0 Å². The van der Waals surface area contributed by atoms with E-state index in [-0.39, 0.29) is 5.91 Å². The van der Waals surface area contributed by atoms with Crippen LogP contribution in [0.1, 0.15) is 5.56 Å². The van der Waals surface area contributed by atoms with Crippen LogP contribution in [0.25, 0.3) is 6.08 Å². The lowest BCUT2D eigenvalue weighted by Crippen LogP contribution is -2.07. The van der Waals surface area contributed by atoms with Crippen LogP contribution in [0.2, 0.25) is 0 Å². The minimum Gasteiger partial charge on any atom is -0.497 e. The van der Waals surface area contributed by atoms with Crippen molar-refractivity contribution in [2.24, 2.45) is 0 Å². The lowest BCUT2D eigenvalue weighted by Gasteiger charge is -2.07. The lowest BCUT2D eigenvalue weighted by molar-refractivity contribution is -0.111. The highest BCUT2D eigenvalue weighted by molar-refractivity contribution is 6.02. The zero-order valence-corrected chi connectivity index (χ0v) is 14.5. The Bertz CT molecular complexity index is 888. The maximum absolute atomic E-state index is 12.1. The fourth-order valence-corrected chi connectivity index (χ4v) is 2.43. The van der Waals surface area contributed by atoms with Gasteiger partial charge in [-0.05, 0) is 60.2 Å².